The van der Waals surface area contributed by atoms with E-state index in [-0.39, 0.29) is 11.5 Å². The zero-order chi connectivity index (χ0) is 20.8. The summed E-state index contributed by atoms with van der Waals surface area (Å²) in [6, 6.07) is 11.9. The molecule has 2 N–H and O–H groups in total. The summed E-state index contributed by atoms with van der Waals surface area (Å²) in [7, 11) is 0. The molecule has 152 valence electrons. The number of hydrogen-bond acceptors (Lipinski definition) is 6. The van der Waals surface area contributed by atoms with Crippen molar-refractivity contribution >= 4 is 40.9 Å². The lowest BCUT2D eigenvalue weighted by Crippen LogP contribution is -2.30. The predicted molar refractivity (Wildman–Crippen MR) is 112 cm³/mol. The first kappa shape index (κ1) is 20.7. The monoisotopic (exact) mass is 414 g/mol. The van der Waals surface area contributed by atoms with Gasteiger partial charge in [0.1, 0.15) is 5.75 Å². The molecule has 1 aliphatic rings. The van der Waals surface area contributed by atoms with Gasteiger partial charge in [-0.25, -0.2) is 4.79 Å². The molecule has 2 amide bonds. The molecule has 3 rings (SSSR count). The van der Waals surface area contributed by atoms with Crippen LogP contribution in [0.4, 0.5) is 11.4 Å². The van der Waals surface area contributed by atoms with Gasteiger partial charge >= 0.3 is 5.97 Å². The van der Waals surface area contributed by atoms with Crippen LogP contribution in [0, 0.1) is 0 Å². The third-order valence-electron chi connectivity index (χ3n) is 4.16. The van der Waals surface area contributed by atoms with E-state index >= 15 is 0 Å². The second-order valence-corrected chi connectivity index (χ2v) is 7.49. The first-order chi connectivity index (χ1) is 14.0. The maximum Gasteiger partial charge on any atom is 0.338 e. The molecule has 1 heterocycles. The molecule has 0 unspecified atom stereocenters. The van der Waals surface area contributed by atoms with Crippen LogP contribution in [0.1, 0.15) is 30.6 Å². The first-order valence-corrected chi connectivity index (χ1v) is 10.3. The molecule has 0 bridgehead atoms. The number of rotatable bonds is 6. The standard InChI is InChI=1S/C21H22N2O5S/c1-3-27-16-7-5-15(6-8-16)22-20(25)13(2)28-21(26)14-4-9-18-17(12-14)23-19(24)10-11-29-18/h4-9,12-13H,3,10-11H2,1-2H3,(H,22,25)(H,23,24)/t13-/m1/s1. The second-order valence-electron chi connectivity index (χ2n) is 6.35. The molecule has 2 aromatic rings. The van der Waals surface area contributed by atoms with E-state index in [9.17, 15) is 14.4 Å². The Morgan fingerprint density at radius 3 is 2.69 bits per heavy atom. The third-order valence-corrected chi connectivity index (χ3v) is 5.24. The third kappa shape index (κ3) is 5.51. The van der Waals surface area contributed by atoms with E-state index in [1.807, 2.05) is 6.92 Å². The van der Waals surface area contributed by atoms with E-state index in [0.29, 0.717) is 35.9 Å². The highest BCUT2D eigenvalue weighted by molar-refractivity contribution is 7.99. The summed E-state index contributed by atoms with van der Waals surface area (Å²) in [6.07, 6.45) is -0.571. The highest BCUT2D eigenvalue weighted by Crippen LogP contribution is 2.31. The molecule has 0 fully saturated rings. The Kier molecular flexibility index (Phi) is 6.77. The minimum Gasteiger partial charge on any atom is -0.494 e. The van der Waals surface area contributed by atoms with Gasteiger partial charge in [0, 0.05) is 22.8 Å². The Morgan fingerprint density at radius 2 is 1.97 bits per heavy atom. The summed E-state index contributed by atoms with van der Waals surface area (Å²) in [5.74, 6) is 0.223. The van der Waals surface area contributed by atoms with Crippen molar-refractivity contribution in [1.29, 1.82) is 0 Å². The molecule has 0 aliphatic carbocycles. The lowest BCUT2D eigenvalue weighted by molar-refractivity contribution is -0.123. The van der Waals surface area contributed by atoms with E-state index in [0.717, 1.165) is 4.90 Å². The van der Waals surface area contributed by atoms with Crippen molar-refractivity contribution in [2.75, 3.05) is 23.0 Å². The summed E-state index contributed by atoms with van der Waals surface area (Å²) in [5.41, 5.74) is 1.43. The van der Waals surface area contributed by atoms with E-state index in [2.05, 4.69) is 10.6 Å². The number of benzene rings is 2. The molecule has 0 aromatic heterocycles. The van der Waals surface area contributed by atoms with Crippen molar-refractivity contribution in [3.63, 3.8) is 0 Å². The highest BCUT2D eigenvalue weighted by atomic mass is 32.2. The molecular weight excluding hydrogens is 392 g/mol. The molecule has 8 heteroatoms. The van der Waals surface area contributed by atoms with E-state index in [1.165, 1.54) is 6.92 Å². The summed E-state index contributed by atoms with van der Waals surface area (Å²) in [6.45, 7) is 3.95. The largest absolute Gasteiger partial charge is 0.494 e. The molecule has 29 heavy (non-hydrogen) atoms. The average Bonchev–Trinajstić information content (AvgIpc) is 2.89. The number of fused-ring (bicyclic) bond motifs is 1. The molecular formula is C21H22N2O5S. The number of carbonyl (C=O) groups excluding carboxylic acids is 3. The molecule has 7 nitrogen and oxygen atoms in total. The van der Waals surface area contributed by atoms with Crippen LogP contribution in [0.15, 0.2) is 47.4 Å². The smallest absolute Gasteiger partial charge is 0.338 e. The number of amides is 2. The van der Waals surface area contributed by atoms with Crippen molar-refractivity contribution < 1.29 is 23.9 Å². The zero-order valence-electron chi connectivity index (χ0n) is 16.2. The molecule has 2 aromatic carbocycles. The van der Waals surface area contributed by atoms with Crippen LogP contribution in [0.25, 0.3) is 0 Å². The lowest BCUT2D eigenvalue weighted by atomic mass is 10.2. The first-order valence-electron chi connectivity index (χ1n) is 9.27. The number of esters is 1. The van der Waals surface area contributed by atoms with E-state index in [1.54, 1.807) is 54.2 Å². The van der Waals surface area contributed by atoms with Crippen LogP contribution in [-0.4, -0.2) is 36.2 Å². The number of carbonyl (C=O) groups is 3. The van der Waals surface area contributed by atoms with E-state index in [4.69, 9.17) is 9.47 Å². The predicted octanol–water partition coefficient (Wildman–Crippen LogP) is 3.70. The number of ether oxygens (including phenoxy) is 2. The normalized spacial score (nSPS) is 14.1. The van der Waals surface area contributed by atoms with E-state index < -0.39 is 18.0 Å². The Hall–Kier alpha value is -3.00. The highest BCUT2D eigenvalue weighted by Gasteiger charge is 2.21. The van der Waals surface area contributed by atoms with Gasteiger partial charge in [0.15, 0.2) is 6.10 Å². The number of nitrogens with one attached hydrogen (secondary N) is 2. The van der Waals surface area contributed by atoms with Gasteiger partial charge in [0.05, 0.1) is 17.9 Å². The van der Waals surface area contributed by atoms with Crippen molar-refractivity contribution in [3.05, 3.63) is 48.0 Å². The maximum atomic E-state index is 12.4. The average molecular weight is 414 g/mol. The fraction of sp³-hybridized carbons (Fsp3) is 0.286. The van der Waals surface area contributed by atoms with Crippen LogP contribution in [0.5, 0.6) is 5.75 Å². The fourth-order valence-corrected chi connectivity index (χ4v) is 3.61. The zero-order valence-corrected chi connectivity index (χ0v) is 17.0. The van der Waals surface area contributed by atoms with Crippen molar-refractivity contribution in [1.82, 2.24) is 0 Å². The molecule has 0 saturated carbocycles. The summed E-state index contributed by atoms with van der Waals surface area (Å²) < 4.78 is 10.6. The SMILES string of the molecule is CCOc1ccc(NC(=O)[C@@H](C)OC(=O)c2ccc3c(c2)NC(=O)CCS3)cc1. The van der Waals surface area contributed by atoms with Crippen LogP contribution in [-0.2, 0) is 14.3 Å². The van der Waals surface area contributed by atoms with Crippen molar-refractivity contribution in [2.45, 2.75) is 31.3 Å². The van der Waals surface area contributed by atoms with Gasteiger partial charge in [-0.1, -0.05) is 0 Å². The van der Waals surface area contributed by atoms with Crippen LogP contribution >= 0.6 is 11.8 Å². The number of anilines is 2. The molecule has 0 spiro atoms. The van der Waals surface area contributed by atoms with Crippen LogP contribution in [0.3, 0.4) is 0 Å². The van der Waals surface area contributed by atoms with Gasteiger partial charge in [-0.3, -0.25) is 9.59 Å². The van der Waals surface area contributed by atoms with Gasteiger partial charge in [0.25, 0.3) is 5.91 Å². The Labute approximate surface area is 173 Å². The molecule has 1 aliphatic heterocycles. The Morgan fingerprint density at radius 1 is 1.21 bits per heavy atom. The molecule has 1 atom stereocenters. The van der Waals surface area contributed by atoms with Gasteiger partial charge < -0.3 is 20.1 Å². The Bertz CT molecular complexity index is 914. The minimum absolute atomic E-state index is 0.0927. The second kappa shape index (κ2) is 9.47. The quantitative estimate of drug-likeness (QED) is 0.700. The Balaban J connectivity index is 1.61. The van der Waals surface area contributed by atoms with Gasteiger partial charge in [-0.15, -0.1) is 11.8 Å². The molecule has 0 saturated heterocycles. The molecule has 0 radical (unpaired) electrons. The van der Waals surface area contributed by atoms with Crippen molar-refractivity contribution in [2.24, 2.45) is 0 Å². The van der Waals surface area contributed by atoms with Crippen molar-refractivity contribution in [3.8, 4) is 5.75 Å². The fourth-order valence-electron chi connectivity index (χ4n) is 2.67. The maximum absolute atomic E-state index is 12.4. The van der Waals surface area contributed by atoms with Gasteiger partial charge in [-0.05, 0) is 56.3 Å². The van der Waals surface area contributed by atoms with Crippen LogP contribution < -0.4 is 15.4 Å². The minimum atomic E-state index is -0.989. The summed E-state index contributed by atoms with van der Waals surface area (Å²) in [5, 5.41) is 5.48. The van der Waals surface area contributed by atoms with Gasteiger partial charge in [0.2, 0.25) is 5.91 Å². The van der Waals surface area contributed by atoms with Gasteiger partial charge in [-0.2, -0.15) is 0 Å². The topological polar surface area (TPSA) is 93.7 Å². The lowest BCUT2D eigenvalue weighted by Gasteiger charge is -2.15. The summed E-state index contributed by atoms with van der Waals surface area (Å²) >= 11 is 1.55. The number of hydrogen-bond donors (Lipinski definition) is 2. The summed E-state index contributed by atoms with van der Waals surface area (Å²) in [4.78, 5) is 37.4. The van der Waals surface area contributed by atoms with Crippen LogP contribution in [0.2, 0.25) is 0 Å². The number of thioether (sulfide) groups is 1.